The highest BCUT2D eigenvalue weighted by Crippen LogP contribution is 2.36. The van der Waals surface area contributed by atoms with Crippen molar-refractivity contribution in [1.82, 2.24) is 0 Å². The van der Waals surface area contributed by atoms with Crippen LogP contribution in [0, 0.1) is 5.92 Å². The van der Waals surface area contributed by atoms with Gasteiger partial charge in [0.25, 0.3) is 0 Å². The second kappa shape index (κ2) is 8.72. The Hall–Kier alpha value is -3.42. The Morgan fingerprint density at radius 2 is 1.59 bits per heavy atom. The average molecular weight is 400 g/mol. The molecule has 0 unspecified atom stereocenters. The summed E-state index contributed by atoms with van der Waals surface area (Å²) in [6.07, 6.45) is 0.104. The minimum Gasteiger partial charge on any atom is -0.497 e. The molecule has 0 aliphatic carbocycles. The Balaban J connectivity index is 1.78. The predicted octanol–water partition coefficient (Wildman–Crippen LogP) is 2.71. The molecule has 8 heteroatoms. The first-order valence-electron chi connectivity index (χ1n) is 9.06. The number of ether oxygens (including phenoxy) is 4. The van der Waals surface area contributed by atoms with E-state index >= 15 is 0 Å². The molecule has 29 heavy (non-hydrogen) atoms. The summed E-state index contributed by atoms with van der Waals surface area (Å²) < 4.78 is 21.1. The van der Waals surface area contributed by atoms with Gasteiger partial charge in [0.05, 0.1) is 45.7 Å². The van der Waals surface area contributed by atoms with E-state index in [1.165, 1.54) is 14.2 Å². The first-order valence-corrected chi connectivity index (χ1v) is 9.06. The molecule has 2 aromatic rings. The molecule has 8 nitrogen and oxygen atoms in total. The van der Waals surface area contributed by atoms with Crippen molar-refractivity contribution in [3.05, 3.63) is 36.4 Å². The lowest BCUT2D eigenvalue weighted by Crippen LogP contribution is -2.28. The van der Waals surface area contributed by atoms with Crippen molar-refractivity contribution < 1.29 is 28.5 Å². The lowest BCUT2D eigenvalue weighted by molar-refractivity contribution is -0.122. The number of benzene rings is 2. The zero-order valence-corrected chi connectivity index (χ0v) is 16.9. The van der Waals surface area contributed by atoms with Crippen molar-refractivity contribution >= 4 is 23.2 Å². The fourth-order valence-electron chi connectivity index (χ4n) is 3.27. The van der Waals surface area contributed by atoms with Crippen LogP contribution in [-0.4, -0.2) is 46.8 Å². The molecule has 1 saturated heterocycles. The van der Waals surface area contributed by atoms with Crippen LogP contribution in [0.4, 0.5) is 11.4 Å². The van der Waals surface area contributed by atoms with E-state index in [4.69, 9.17) is 18.9 Å². The van der Waals surface area contributed by atoms with Gasteiger partial charge in [-0.2, -0.15) is 0 Å². The molecule has 3 rings (SSSR count). The van der Waals surface area contributed by atoms with Gasteiger partial charge in [0.1, 0.15) is 23.0 Å². The molecule has 0 saturated carbocycles. The largest absolute Gasteiger partial charge is 0.497 e. The molecule has 1 N–H and O–H groups in total. The number of anilines is 2. The molecular formula is C21H24N2O6. The maximum Gasteiger partial charge on any atom is 0.229 e. The molecule has 1 fully saturated rings. The number of hydrogen-bond donors (Lipinski definition) is 1. The predicted molar refractivity (Wildman–Crippen MR) is 108 cm³/mol. The zero-order chi connectivity index (χ0) is 21.0. The Kier molecular flexibility index (Phi) is 6.11. The molecule has 0 radical (unpaired) electrons. The quantitative estimate of drug-likeness (QED) is 0.769. The van der Waals surface area contributed by atoms with Crippen LogP contribution in [0.3, 0.4) is 0 Å². The number of rotatable bonds is 7. The van der Waals surface area contributed by atoms with E-state index in [2.05, 4.69) is 5.32 Å². The number of nitrogens with zero attached hydrogens (tertiary/aromatic N) is 1. The van der Waals surface area contributed by atoms with Crippen LogP contribution >= 0.6 is 0 Å². The Labute approximate surface area is 169 Å². The summed E-state index contributed by atoms with van der Waals surface area (Å²) in [5, 5.41) is 2.84. The van der Waals surface area contributed by atoms with Crippen molar-refractivity contribution in [2.75, 3.05) is 45.2 Å². The van der Waals surface area contributed by atoms with Gasteiger partial charge >= 0.3 is 0 Å². The fourth-order valence-corrected chi connectivity index (χ4v) is 3.27. The number of amides is 2. The summed E-state index contributed by atoms with van der Waals surface area (Å²) in [6.45, 7) is 0.250. The van der Waals surface area contributed by atoms with E-state index in [1.54, 1.807) is 55.5 Å². The highest BCUT2D eigenvalue weighted by molar-refractivity contribution is 6.04. The molecule has 1 aliphatic rings. The maximum absolute atomic E-state index is 12.8. The lowest BCUT2D eigenvalue weighted by atomic mass is 10.1. The summed E-state index contributed by atoms with van der Waals surface area (Å²) in [7, 11) is 6.15. The number of carbonyl (C=O) groups is 2. The number of carbonyl (C=O) groups excluding carboxylic acids is 2. The topological polar surface area (TPSA) is 86.3 Å². The highest BCUT2D eigenvalue weighted by atomic mass is 16.5. The Morgan fingerprint density at radius 1 is 0.931 bits per heavy atom. The average Bonchev–Trinajstić information content (AvgIpc) is 3.14. The maximum atomic E-state index is 12.8. The number of methoxy groups -OCH3 is 4. The number of nitrogens with one attached hydrogen (secondary N) is 1. The first kappa shape index (κ1) is 20.3. The van der Waals surface area contributed by atoms with E-state index < -0.39 is 5.92 Å². The second-order valence-corrected chi connectivity index (χ2v) is 6.50. The molecule has 1 heterocycles. The monoisotopic (exact) mass is 400 g/mol. The van der Waals surface area contributed by atoms with Crippen molar-refractivity contribution in [1.29, 1.82) is 0 Å². The molecule has 0 aromatic heterocycles. The summed E-state index contributed by atoms with van der Waals surface area (Å²) in [5.74, 6) is 1.31. The van der Waals surface area contributed by atoms with Crippen LogP contribution in [0.2, 0.25) is 0 Å². The smallest absolute Gasteiger partial charge is 0.229 e. The molecule has 1 aliphatic heterocycles. The van der Waals surface area contributed by atoms with Gasteiger partial charge in [0.15, 0.2) is 0 Å². The summed E-state index contributed by atoms with van der Waals surface area (Å²) in [6, 6.07) is 10.3. The Bertz CT molecular complexity index is 914. The van der Waals surface area contributed by atoms with Crippen LogP contribution < -0.4 is 29.2 Å². The van der Waals surface area contributed by atoms with Crippen molar-refractivity contribution in [2.45, 2.75) is 6.42 Å². The van der Waals surface area contributed by atoms with Crippen LogP contribution in [0.1, 0.15) is 6.42 Å². The molecule has 154 valence electrons. The van der Waals surface area contributed by atoms with Gasteiger partial charge in [-0.25, -0.2) is 0 Å². The van der Waals surface area contributed by atoms with E-state index in [0.717, 1.165) is 0 Å². The van der Waals surface area contributed by atoms with Crippen molar-refractivity contribution in [2.24, 2.45) is 5.92 Å². The third-order valence-corrected chi connectivity index (χ3v) is 4.84. The van der Waals surface area contributed by atoms with Crippen LogP contribution in [0.15, 0.2) is 36.4 Å². The third-order valence-electron chi connectivity index (χ3n) is 4.84. The number of hydrogen-bond acceptors (Lipinski definition) is 6. The van der Waals surface area contributed by atoms with Gasteiger partial charge in [-0.1, -0.05) is 0 Å². The third kappa shape index (κ3) is 4.21. The van der Waals surface area contributed by atoms with E-state index in [0.29, 0.717) is 34.4 Å². The molecule has 1 atom stereocenters. The minimum atomic E-state index is -0.509. The van der Waals surface area contributed by atoms with Crippen LogP contribution in [0.5, 0.6) is 23.0 Å². The minimum absolute atomic E-state index is 0.104. The summed E-state index contributed by atoms with van der Waals surface area (Å²) in [4.78, 5) is 27.0. The van der Waals surface area contributed by atoms with Gasteiger partial charge in [-0.3, -0.25) is 9.59 Å². The van der Waals surface area contributed by atoms with Gasteiger partial charge in [-0.05, 0) is 24.3 Å². The lowest BCUT2D eigenvalue weighted by Gasteiger charge is -2.20. The fraction of sp³-hybridized carbons (Fsp3) is 0.333. The Morgan fingerprint density at radius 3 is 2.24 bits per heavy atom. The summed E-state index contributed by atoms with van der Waals surface area (Å²) in [5.41, 5.74) is 1.09. The highest BCUT2D eigenvalue weighted by Gasteiger charge is 2.36. The molecular weight excluding hydrogens is 376 g/mol. The molecule has 2 amide bonds. The normalized spacial score (nSPS) is 15.8. The van der Waals surface area contributed by atoms with Crippen LogP contribution in [-0.2, 0) is 9.59 Å². The van der Waals surface area contributed by atoms with Gasteiger partial charge in [0.2, 0.25) is 11.8 Å². The molecule has 0 bridgehead atoms. The van der Waals surface area contributed by atoms with Gasteiger partial charge in [-0.15, -0.1) is 0 Å². The summed E-state index contributed by atoms with van der Waals surface area (Å²) >= 11 is 0. The second-order valence-electron chi connectivity index (χ2n) is 6.50. The van der Waals surface area contributed by atoms with E-state index in [9.17, 15) is 9.59 Å². The van der Waals surface area contributed by atoms with E-state index in [1.807, 2.05) is 0 Å². The molecule has 0 spiro atoms. The molecule has 2 aromatic carbocycles. The van der Waals surface area contributed by atoms with Gasteiger partial charge in [0, 0.05) is 25.1 Å². The first-order chi connectivity index (χ1) is 14.0. The van der Waals surface area contributed by atoms with E-state index in [-0.39, 0.29) is 24.8 Å². The van der Waals surface area contributed by atoms with Crippen LogP contribution in [0.25, 0.3) is 0 Å². The standard InChI is InChI=1S/C21H24N2O6/c1-26-14-6-8-18(28-3)16(10-14)22-21(25)13-9-20(24)23(12-13)17-7-5-15(27-2)11-19(17)29-4/h5-8,10-11,13H,9,12H2,1-4H3,(H,22,25)/t13-/m1/s1. The SMILES string of the molecule is COc1ccc(OC)c(NC(=O)[C@@H]2CC(=O)N(c3ccc(OC)cc3OC)C2)c1. The van der Waals surface area contributed by atoms with Crippen molar-refractivity contribution in [3.8, 4) is 23.0 Å². The van der Waals surface area contributed by atoms with Gasteiger partial charge < -0.3 is 29.2 Å². The van der Waals surface area contributed by atoms with Crippen molar-refractivity contribution in [3.63, 3.8) is 0 Å². The zero-order valence-electron chi connectivity index (χ0n) is 16.9.